The molecule has 31 heavy (non-hydrogen) atoms. The molecule has 2 aromatic carbocycles. The topological polar surface area (TPSA) is 96.7 Å². The van der Waals surface area contributed by atoms with E-state index in [0.717, 1.165) is 30.0 Å². The zero-order valence-electron chi connectivity index (χ0n) is 16.6. The summed E-state index contributed by atoms with van der Waals surface area (Å²) in [6.45, 7) is 0.392. The fraction of sp³-hybridized carbons (Fsp3) is 0.130. The Morgan fingerprint density at radius 3 is 2.48 bits per heavy atom. The predicted octanol–water partition coefficient (Wildman–Crippen LogP) is 3.76. The van der Waals surface area contributed by atoms with Crippen LogP contribution in [0.15, 0.2) is 72.9 Å². The van der Waals surface area contributed by atoms with Crippen molar-refractivity contribution in [2.75, 3.05) is 0 Å². The van der Waals surface area contributed by atoms with E-state index in [1.165, 1.54) is 17.7 Å². The lowest BCUT2D eigenvalue weighted by molar-refractivity contribution is 0.103. The van der Waals surface area contributed by atoms with E-state index in [-0.39, 0.29) is 17.4 Å². The monoisotopic (exact) mass is 417 g/mol. The summed E-state index contributed by atoms with van der Waals surface area (Å²) in [5, 5.41) is 23.1. The van der Waals surface area contributed by atoms with Crippen molar-refractivity contribution in [1.82, 2.24) is 25.2 Å². The van der Waals surface area contributed by atoms with Crippen molar-refractivity contribution < 1.29 is 14.3 Å². The number of ketones is 1. The Kier molecular flexibility index (Phi) is 5.98. The highest BCUT2D eigenvalue weighted by Gasteiger charge is 2.15. The van der Waals surface area contributed by atoms with Gasteiger partial charge in [-0.3, -0.25) is 4.79 Å². The second kappa shape index (κ2) is 9.17. The second-order valence-corrected chi connectivity index (χ2v) is 7.10. The number of aryl methyl sites for hydroxylation is 2. The number of aromatic nitrogens is 5. The summed E-state index contributed by atoms with van der Waals surface area (Å²) in [5.41, 5.74) is 3.45. The normalized spacial score (nSPS) is 11.6. The van der Waals surface area contributed by atoms with Crippen LogP contribution >= 0.6 is 0 Å². The minimum atomic E-state index is -0.393. The zero-order chi connectivity index (χ0) is 21.6. The van der Waals surface area contributed by atoms with Crippen molar-refractivity contribution in [3.05, 3.63) is 107 Å². The SMILES string of the molecule is O=C(C=C(O)c1nn[nH]n1)c1cc(CCc2ccccc2)cn1Cc1ccc(F)cc1. The summed E-state index contributed by atoms with van der Waals surface area (Å²) in [6.07, 6.45) is 4.57. The van der Waals surface area contributed by atoms with Gasteiger partial charge in [-0.05, 0) is 52.9 Å². The molecule has 2 N–H and O–H groups in total. The average Bonchev–Trinajstić information content (AvgIpc) is 3.45. The number of H-pyrrole nitrogens is 1. The number of hydrogen-bond acceptors (Lipinski definition) is 5. The summed E-state index contributed by atoms with van der Waals surface area (Å²) < 4.78 is 15.1. The van der Waals surface area contributed by atoms with E-state index in [1.54, 1.807) is 16.7 Å². The van der Waals surface area contributed by atoms with Crippen molar-refractivity contribution in [2.45, 2.75) is 19.4 Å². The van der Waals surface area contributed by atoms with E-state index >= 15 is 0 Å². The lowest BCUT2D eigenvalue weighted by Gasteiger charge is -2.07. The van der Waals surface area contributed by atoms with Crippen LogP contribution in [0.1, 0.15) is 33.0 Å². The summed E-state index contributed by atoms with van der Waals surface area (Å²) in [5.74, 6) is -1.15. The molecular weight excluding hydrogens is 397 g/mol. The van der Waals surface area contributed by atoms with Gasteiger partial charge in [-0.2, -0.15) is 5.21 Å². The second-order valence-electron chi connectivity index (χ2n) is 7.10. The lowest BCUT2D eigenvalue weighted by Crippen LogP contribution is -2.08. The van der Waals surface area contributed by atoms with Crippen LogP contribution in [0.2, 0.25) is 0 Å². The van der Waals surface area contributed by atoms with Gasteiger partial charge < -0.3 is 9.67 Å². The van der Waals surface area contributed by atoms with Gasteiger partial charge in [-0.25, -0.2) is 4.39 Å². The number of aromatic amines is 1. The molecule has 156 valence electrons. The largest absolute Gasteiger partial charge is 0.504 e. The van der Waals surface area contributed by atoms with Crippen LogP contribution in [0.3, 0.4) is 0 Å². The molecule has 0 saturated carbocycles. The van der Waals surface area contributed by atoms with Gasteiger partial charge in [0.05, 0.1) is 5.69 Å². The number of rotatable bonds is 8. The Hall–Kier alpha value is -4.07. The third-order valence-corrected chi connectivity index (χ3v) is 4.86. The summed E-state index contributed by atoms with van der Waals surface area (Å²) in [6, 6.07) is 18.0. The Morgan fingerprint density at radius 1 is 1.03 bits per heavy atom. The quantitative estimate of drug-likeness (QED) is 0.259. The lowest BCUT2D eigenvalue weighted by atomic mass is 10.1. The van der Waals surface area contributed by atoms with Crippen LogP contribution in [0.25, 0.3) is 5.76 Å². The van der Waals surface area contributed by atoms with Gasteiger partial charge in [0, 0.05) is 18.8 Å². The highest BCUT2D eigenvalue weighted by Crippen LogP contribution is 2.17. The zero-order valence-corrected chi connectivity index (χ0v) is 16.6. The molecule has 0 bridgehead atoms. The fourth-order valence-corrected chi connectivity index (χ4v) is 3.30. The highest BCUT2D eigenvalue weighted by molar-refractivity contribution is 6.06. The highest BCUT2D eigenvalue weighted by atomic mass is 19.1. The number of nitrogens with one attached hydrogen (secondary N) is 1. The molecule has 0 aliphatic heterocycles. The van der Waals surface area contributed by atoms with Gasteiger partial charge >= 0.3 is 0 Å². The van der Waals surface area contributed by atoms with E-state index in [0.29, 0.717) is 12.2 Å². The molecule has 2 aromatic heterocycles. The average molecular weight is 417 g/mol. The minimum absolute atomic E-state index is 0.0608. The molecule has 0 amide bonds. The maximum Gasteiger partial charge on any atom is 0.239 e. The number of nitrogens with zero attached hydrogens (tertiary/aromatic N) is 4. The maximum atomic E-state index is 13.3. The number of aliphatic hydroxyl groups is 1. The van der Waals surface area contributed by atoms with Crippen LogP contribution in [-0.2, 0) is 19.4 Å². The fourth-order valence-electron chi connectivity index (χ4n) is 3.30. The Labute approximate surface area is 177 Å². The molecule has 0 radical (unpaired) electrons. The summed E-state index contributed by atoms with van der Waals surface area (Å²) >= 11 is 0. The van der Waals surface area contributed by atoms with E-state index in [9.17, 15) is 14.3 Å². The van der Waals surface area contributed by atoms with Crippen LogP contribution < -0.4 is 0 Å². The first-order valence-corrected chi connectivity index (χ1v) is 9.75. The molecule has 0 spiro atoms. The van der Waals surface area contributed by atoms with E-state index in [1.807, 2.05) is 30.5 Å². The molecule has 0 aliphatic rings. The molecule has 0 saturated heterocycles. The number of hydrogen-bond donors (Lipinski definition) is 2. The number of allylic oxidation sites excluding steroid dienone is 1. The van der Waals surface area contributed by atoms with Crippen LogP contribution in [0.5, 0.6) is 0 Å². The molecule has 0 atom stereocenters. The molecule has 0 unspecified atom stereocenters. The first-order valence-electron chi connectivity index (χ1n) is 9.75. The first-order chi connectivity index (χ1) is 15.1. The first kappa shape index (κ1) is 20.2. The van der Waals surface area contributed by atoms with Gasteiger partial charge in [0.2, 0.25) is 11.6 Å². The van der Waals surface area contributed by atoms with Crippen molar-refractivity contribution >= 4 is 11.5 Å². The van der Waals surface area contributed by atoms with Crippen LogP contribution in [-0.4, -0.2) is 36.1 Å². The third-order valence-electron chi connectivity index (χ3n) is 4.86. The number of carbonyl (C=O) groups is 1. The van der Waals surface area contributed by atoms with Crippen molar-refractivity contribution in [3.63, 3.8) is 0 Å². The summed E-state index contributed by atoms with van der Waals surface area (Å²) in [4.78, 5) is 12.9. The standard InChI is InChI=1S/C23H20FN5O2/c24-19-10-8-17(9-11-19)14-29-15-18(7-6-16-4-2-1-3-5-16)12-20(29)21(30)13-22(31)23-25-27-28-26-23/h1-5,8-13,15,31H,6-7,14H2,(H,25,26,27,28). The predicted molar refractivity (Wildman–Crippen MR) is 113 cm³/mol. The van der Waals surface area contributed by atoms with Crippen molar-refractivity contribution in [3.8, 4) is 0 Å². The molecule has 2 heterocycles. The van der Waals surface area contributed by atoms with Crippen molar-refractivity contribution in [1.29, 1.82) is 0 Å². The van der Waals surface area contributed by atoms with Gasteiger partial charge in [0.1, 0.15) is 5.82 Å². The Balaban J connectivity index is 1.60. The van der Waals surface area contributed by atoms with Gasteiger partial charge in [-0.1, -0.05) is 42.5 Å². The van der Waals surface area contributed by atoms with Crippen LogP contribution in [0, 0.1) is 5.82 Å². The third kappa shape index (κ3) is 5.11. The van der Waals surface area contributed by atoms with Crippen molar-refractivity contribution in [2.24, 2.45) is 0 Å². The number of aliphatic hydroxyl groups excluding tert-OH is 1. The number of benzene rings is 2. The van der Waals surface area contributed by atoms with Gasteiger partial charge in [0.15, 0.2) is 5.76 Å². The number of halogens is 1. The van der Waals surface area contributed by atoms with E-state index in [2.05, 4.69) is 32.8 Å². The number of carbonyl (C=O) groups excluding carboxylic acids is 1. The molecule has 0 aliphatic carbocycles. The minimum Gasteiger partial charge on any atom is -0.504 e. The molecule has 7 nitrogen and oxygen atoms in total. The molecular formula is C23H20FN5O2. The molecule has 8 heteroatoms. The molecule has 4 rings (SSSR count). The molecule has 0 fully saturated rings. The Bertz CT molecular complexity index is 1180. The van der Waals surface area contributed by atoms with Crippen LogP contribution in [0.4, 0.5) is 4.39 Å². The van der Waals surface area contributed by atoms with E-state index < -0.39 is 5.78 Å². The van der Waals surface area contributed by atoms with Gasteiger partial charge in [0.25, 0.3) is 0 Å². The van der Waals surface area contributed by atoms with Gasteiger partial charge in [-0.15, -0.1) is 10.2 Å². The Morgan fingerprint density at radius 2 is 1.77 bits per heavy atom. The summed E-state index contributed by atoms with van der Waals surface area (Å²) in [7, 11) is 0. The maximum absolute atomic E-state index is 13.3. The molecule has 4 aromatic rings. The van der Waals surface area contributed by atoms with E-state index in [4.69, 9.17) is 0 Å². The number of tetrazole rings is 1. The smallest absolute Gasteiger partial charge is 0.239 e.